The van der Waals surface area contributed by atoms with Crippen LogP contribution in [0.5, 0.6) is 0 Å². The Morgan fingerprint density at radius 3 is 3.05 bits per heavy atom. The highest BCUT2D eigenvalue weighted by atomic mass is 35.5. The maximum Gasteiger partial charge on any atom is 0.241 e. The van der Waals surface area contributed by atoms with Gasteiger partial charge in [0.2, 0.25) is 5.91 Å². The number of hydrogen-bond donors (Lipinski definition) is 2. The predicted octanol–water partition coefficient (Wildman–Crippen LogP) is 2.89. The lowest BCUT2D eigenvalue weighted by Gasteiger charge is -2.22. The standard InChI is InChI=1S/C15H19N3O2.ClH/c1-2-14-18-12-9-10(6-7-13(12)20-14)17-15(19)11-5-3-4-8-16-11;/h6-7,9,11,16H,2-5,8H2,1H3,(H,17,19);1H/t11-;/m0./s1. The van der Waals surface area contributed by atoms with Gasteiger partial charge in [-0.15, -0.1) is 12.4 Å². The Hall–Kier alpha value is -1.59. The molecule has 2 N–H and O–H groups in total. The van der Waals surface area contributed by atoms with Crippen LogP contribution in [0.2, 0.25) is 0 Å². The highest BCUT2D eigenvalue weighted by molar-refractivity contribution is 5.96. The first-order chi connectivity index (χ1) is 9.76. The lowest BCUT2D eigenvalue weighted by molar-refractivity contribution is -0.118. The third-order valence-corrected chi connectivity index (χ3v) is 3.63. The van der Waals surface area contributed by atoms with Crippen LogP contribution in [-0.4, -0.2) is 23.5 Å². The van der Waals surface area contributed by atoms with Crippen molar-refractivity contribution in [3.05, 3.63) is 24.1 Å². The SMILES string of the molecule is CCc1nc2cc(NC(=O)[C@@H]3CCCCN3)ccc2o1.Cl. The first kappa shape index (κ1) is 15.8. The topological polar surface area (TPSA) is 67.2 Å². The van der Waals surface area contributed by atoms with Gasteiger partial charge in [0.25, 0.3) is 0 Å². The van der Waals surface area contributed by atoms with Crippen LogP contribution in [0.15, 0.2) is 22.6 Å². The third-order valence-electron chi connectivity index (χ3n) is 3.63. The molecule has 21 heavy (non-hydrogen) atoms. The van der Waals surface area contributed by atoms with Gasteiger partial charge < -0.3 is 15.1 Å². The molecule has 0 spiro atoms. The number of nitrogens with one attached hydrogen (secondary N) is 2. The zero-order chi connectivity index (χ0) is 13.9. The van der Waals surface area contributed by atoms with Crippen molar-refractivity contribution in [2.45, 2.75) is 38.6 Å². The van der Waals surface area contributed by atoms with Gasteiger partial charge in [-0.05, 0) is 37.6 Å². The number of amides is 1. The Kier molecular flexibility index (Phi) is 5.20. The van der Waals surface area contributed by atoms with Crippen molar-refractivity contribution in [2.24, 2.45) is 0 Å². The van der Waals surface area contributed by atoms with Crippen molar-refractivity contribution in [1.82, 2.24) is 10.3 Å². The van der Waals surface area contributed by atoms with E-state index in [9.17, 15) is 4.79 Å². The average Bonchev–Trinajstić information content (AvgIpc) is 2.90. The number of fused-ring (bicyclic) bond motifs is 1. The van der Waals surface area contributed by atoms with Crippen molar-refractivity contribution in [3.8, 4) is 0 Å². The summed E-state index contributed by atoms with van der Waals surface area (Å²) in [6.07, 6.45) is 3.92. The van der Waals surface area contributed by atoms with Crippen molar-refractivity contribution in [1.29, 1.82) is 0 Å². The summed E-state index contributed by atoms with van der Waals surface area (Å²) in [5.41, 5.74) is 2.32. The van der Waals surface area contributed by atoms with Crippen LogP contribution in [0.25, 0.3) is 11.1 Å². The largest absolute Gasteiger partial charge is 0.441 e. The fraction of sp³-hybridized carbons (Fsp3) is 0.467. The molecule has 1 atom stereocenters. The van der Waals surface area contributed by atoms with Gasteiger partial charge in [-0.25, -0.2) is 4.98 Å². The monoisotopic (exact) mass is 309 g/mol. The van der Waals surface area contributed by atoms with Gasteiger partial charge in [0.1, 0.15) is 5.52 Å². The number of aromatic nitrogens is 1. The number of piperidine rings is 1. The lowest BCUT2D eigenvalue weighted by Crippen LogP contribution is -2.43. The zero-order valence-electron chi connectivity index (χ0n) is 12.0. The number of anilines is 1. The van der Waals surface area contributed by atoms with Gasteiger partial charge in [-0.2, -0.15) is 0 Å². The molecular formula is C15H20ClN3O2. The first-order valence-electron chi connectivity index (χ1n) is 7.20. The maximum absolute atomic E-state index is 12.1. The van der Waals surface area contributed by atoms with Crippen LogP contribution < -0.4 is 10.6 Å². The number of rotatable bonds is 3. The van der Waals surface area contributed by atoms with E-state index >= 15 is 0 Å². The zero-order valence-corrected chi connectivity index (χ0v) is 12.8. The van der Waals surface area contributed by atoms with Gasteiger partial charge >= 0.3 is 0 Å². The van der Waals surface area contributed by atoms with Gasteiger partial charge in [-0.3, -0.25) is 4.79 Å². The minimum Gasteiger partial charge on any atom is -0.441 e. The molecular weight excluding hydrogens is 290 g/mol. The Bertz CT molecular complexity index is 620. The van der Waals surface area contributed by atoms with E-state index in [1.807, 2.05) is 25.1 Å². The number of aryl methyl sites for hydroxylation is 1. The minimum absolute atomic E-state index is 0. The van der Waals surface area contributed by atoms with Crippen LogP contribution in [0.4, 0.5) is 5.69 Å². The Morgan fingerprint density at radius 2 is 2.33 bits per heavy atom. The van der Waals surface area contributed by atoms with E-state index in [4.69, 9.17) is 4.42 Å². The summed E-state index contributed by atoms with van der Waals surface area (Å²) >= 11 is 0. The molecule has 1 fully saturated rings. The molecule has 1 aliphatic heterocycles. The highest BCUT2D eigenvalue weighted by Crippen LogP contribution is 2.21. The third kappa shape index (κ3) is 3.54. The van der Waals surface area contributed by atoms with Gasteiger partial charge in [0.05, 0.1) is 6.04 Å². The van der Waals surface area contributed by atoms with Crippen LogP contribution >= 0.6 is 12.4 Å². The van der Waals surface area contributed by atoms with Crippen LogP contribution in [0.1, 0.15) is 32.1 Å². The van der Waals surface area contributed by atoms with E-state index < -0.39 is 0 Å². The second-order valence-corrected chi connectivity index (χ2v) is 5.14. The molecule has 0 aliphatic carbocycles. The van der Waals surface area contributed by atoms with E-state index in [0.29, 0.717) is 0 Å². The van der Waals surface area contributed by atoms with Crippen molar-refractivity contribution in [2.75, 3.05) is 11.9 Å². The van der Waals surface area contributed by atoms with Crippen molar-refractivity contribution < 1.29 is 9.21 Å². The number of nitrogens with zero attached hydrogens (tertiary/aromatic N) is 1. The van der Waals surface area contributed by atoms with Crippen LogP contribution in [-0.2, 0) is 11.2 Å². The smallest absolute Gasteiger partial charge is 0.241 e. The molecule has 3 rings (SSSR count). The summed E-state index contributed by atoms with van der Waals surface area (Å²) < 4.78 is 5.56. The molecule has 0 saturated carbocycles. The summed E-state index contributed by atoms with van der Waals surface area (Å²) in [5.74, 6) is 0.751. The number of carbonyl (C=O) groups is 1. The summed E-state index contributed by atoms with van der Waals surface area (Å²) in [7, 11) is 0. The van der Waals surface area contributed by atoms with E-state index in [1.54, 1.807) is 0 Å². The first-order valence-corrected chi connectivity index (χ1v) is 7.20. The summed E-state index contributed by atoms with van der Waals surface area (Å²) in [6.45, 7) is 2.92. The molecule has 6 heteroatoms. The van der Waals surface area contributed by atoms with Gasteiger partial charge in [0, 0.05) is 12.1 Å². The molecule has 0 unspecified atom stereocenters. The summed E-state index contributed by atoms with van der Waals surface area (Å²) in [5, 5.41) is 6.19. The highest BCUT2D eigenvalue weighted by Gasteiger charge is 2.20. The fourth-order valence-electron chi connectivity index (χ4n) is 2.51. The number of benzene rings is 1. The molecule has 2 aromatic rings. The number of halogens is 1. The average molecular weight is 310 g/mol. The molecule has 1 amide bonds. The molecule has 1 saturated heterocycles. The van der Waals surface area contributed by atoms with Crippen molar-refractivity contribution >= 4 is 35.1 Å². The van der Waals surface area contributed by atoms with E-state index in [2.05, 4.69) is 15.6 Å². The van der Waals surface area contributed by atoms with Gasteiger partial charge in [0.15, 0.2) is 11.5 Å². The number of oxazole rings is 1. The minimum atomic E-state index is -0.0806. The number of hydrogen-bond acceptors (Lipinski definition) is 4. The summed E-state index contributed by atoms with van der Waals surface area (Å²) in [4.78, 5) is 16.5. The molecule has 0 bridgehead atoms. The Balaban J connectivity index is 0.00000161. The van der Waals surface area contributed by atoms with Crippen molar-refractivity contribution in [3.63, 3.8) is 0 Å². The second kappa shape index (κ2) is 6.91. The molecule has 0 radical (unpaired) electrons. The molecule has 114 valence electrons. The summed E-state index contributed by atoms with van der Waals surface area (Å²) in [6, 6.07) is 5.49. The van der Waals surface area contributed by atoms with Crippen LogP contribution in [0.3, 0.4) is 0 Å². The maximum atomic E-state index is 12.1. The quantitative estimate of drug-likeness (QED) is 0.915. The predicted molar refractivity (Wildman–Crippen MR) is 84.9 cm³/mol. The molecule has 1 aromatic carbocycles. The molecule has 1 aliphatic rings. The lowest BCUT2D eigenvalue weighted by atomic mass is 10.0. The Morgan fingerprint density at radius 1 is 1.48 bits per heavy atom. The van der Waals surface area contributed by atoms with E-state index in [0.717, 1.165) is 54.9 Å². The number of carbonyl (C=O) groups excluding carboxylic acids is 1. The Labute approximate surface area is 129 Å². The molecule has 2 heterocycles. The normalized spacial score (nSPS) is 18.2. The van der Waals surface area contributed by atoms with Crippen LogP contribution in [0, 0.1) is 0 Å². The molecule has 5 nitrogen and oxygen atoms in total. The fourth-order valence-corrected chi connectivity index (χ4v) is 2.51. The van der Waals surface area contributed by atoms with Gasteiger partial charge in [-0.1, -0.05) is 13.3 Å². The van der Waals surface area contributed by atoms with E-state index in [-0.39, 0.29) is 24.4 Å². The molecule has 1 aromatic heterocycles. The van der Waals surface area contributed by atoms with E-state index in [1.165, 1.54) is 0 Å². The second-order valence-electron chi connectivity index (χ2n) is 5.14.